The van der Waals surface area contributed by atoms with Gasteiger partial charge in [0.15, 0.2) is 6.10 Å². The molecular weight excluding hydrogens is 240 g/mol. The summed E-state index contributed by atoms with van der Waals surface area (Å²) in [6.07, 6.45) is -1.02. The maximum Gasteiger partial charge on any atom is 0.334 e. The summed E-state index contributed by atoms with van der Waals surface area (Å²) in [6.45, 7) is 5.21. The number of methoxy groups -OCH3 is 1. The highest BCUT2D eigenvalue weighted by Crippen LogP contribution is 2.16. The lowest BCUT2D eigenvalue weighted by Gasteiger charge is -2.38. The molecule has 1 fully saturated rings. The number of carboxylic acid groups (broad SMARTS) is 1. The van der Waals surface area contributed by atoms with Crippen molar-refractivity contribution < 1.29 is 24.2 Å². The third-order valence-corrected chi connectivity index (χ3v) is 2.71. The molecule has 0 bridgehead atoms. The first-order valence-electron chi connectivity index (χ1n) is 5.78. The number of aliphatic carboxylic acids is 1. The van der Waals surface area contributed by atoms with Crippen molar-refractivity contribution in [2.24, 2.45) is 0 Å². The van der Waals surface area contributed by atoms with Crippen LogP contribution in [0.4, 0.5) is 4.79 Å². The highest BCUT2D eigenvalue weighted by molar-refractivity contribution is 5.77. The van der Waals surface area contributed by atoms with E-state index in [1.165, 1.54) is 7.11 Å². The van der Waals surface area contributed by atoms with Gasteiger partial charge in [-0.1, -0.05) is 0 Å². The molecule has 1 rings (SSSR count). The van der Waals surface area contributed by atoms with Crippen molar-refractivity contribution in [3.05, 3.63) is 0 Å². The number of hydrogen-bond acceptors (Lipinski definition) is 4. The zero-order valence-corrected chi connectivity index (χ0v) is 10.9. The van der Waals surface area contributed by atoms with E-state index in [-0.39, 0.29) is 18.2 Å². The lowest BCUT2D eigenvalue weighted by molar-refractivity contribution is -0.148. The van der Waals surface area contributed by atoms with Gasteiger partial charge in [-0.15, -0.1) is 0 Å². The van der Waals surface area contributed by atoms with Crippen molar-refractivity contribution in [3.63, 3.8) is 0 Å². The first-order chi connectivity index (χ1) is 8.35. The van der Waals surface area contributed by atoms with E-state index < -0.39 is 12.1 Å². The summed E-state index contributed by atoms with van der Waals surface area (Å²) in [6, 6.07) is -0.297. The zero-order valence-electron chi connectivity index (χ0n) is 10.9. The number of amides is 2. The van der Waals surface area contributed by atoms with Crippen LogP contribution in [0, 0.1) is 0 Å². The minimum atomic E-state index is -1.10. The zero-order chi connectivity index (χ0) is 13.8. The fraction of sp³-hybridized carbons (Fsp3) is 0.818. The molecule has 2 N–H and O–H groups in total. The van der Waals surface area contributed by atoms with Crippen molar-refractivity contribution >= 4 is 12.0 Å². The first-order valence-corrected chi connectivity index (χ1v) is 5.78. The molecule has 1 aliphatic rings. The molecule has 1 atom stereocenters. The van der Waals surface area contributed by atoms with E-state index >= 15 is 0 Å². The predicted octanol–water partition coefficient (Wildman–Crippen LogP) is -0.0936. The van der Waals surface area contributed by atoms with Gasteiger partial charge in [0.05, 0.1) is 25.3 Å². The Bertz CT molecular complexity index is 319. The van der Waals surface area contributed by atoms with Crippen LogP contribution in [0.2, 0.25) is 0 Å². The molecule has 0 radical (unpaired) electrons. The highest BCUT2D eigenvalue weighted by Gasteiger charge is 2.30. The number of carbonyl (C=O) groups excluding carboxylic acids is 1. The topological polar surface area (TPSA) is 88.1 Å². The number of urea groups is 1. The largest absolute Gasteiger partial charge is 0.479 e. The average molecular weight is 260 g/mol. The van der Waals surface area contributed by atoms with E-state index in [1.54, 1.807) is 4.90 Å². The average Bonchev–Trinajstić information content (AvgIpc) is 2.27. The Labute approximate surface area is 106 Å². The second-order valence-electron chi connectivity index (χ2n) is 4.78. The number of morpholine rings is 1. The van der Waals surface area contributed by atoms with Crippen molar-refractivity contribution in [2.45, 2.75) is 25.6 Å². The number of nitrogens with zero attached hydrogens (tertiary/aromatic N) is 1. The lowest BCUT2D eigenvalue weighted by atomic mass is 10.1. The Morgan fingerprint density at radius 1 is 1.56 bits per heavy atom. The van der Waals surface area contributed by atoms with Gasteiger partial charge in [-0.25, -0.2) is 9.59 Å². The molecule has 18 heavy (non-hydrogen) atoms. The van der Waals surface area contributed by atoms with Crippen molar-refractivity contribution in [3.8, 4) is 0 Å². The third kappa shape index (κ3) is 4.15. The molecule has 1 heterocycles. The quantitative estimate of drug-likeness (QED) is 0.737. The third-order valence-electron chi connectivity index (χ3n) is 2.71. The fourth-order valence-corrected chi connectivity index (χ4v) is 1.75. The molecule has 0 aliphatic carbocycles. The molecular formula is C11H20N2O5. The summed E-state index contributed by atoms with van der Waals surface area (Å²) in [5.74, 6) is -1.10. The molecule has 0 aromatic heterocycles. The maximum atomic E-state index is 11.8. The number of ether oxygens (including phenoxy) is 2. The van der Waals surface area contributed by atoms with Gasteiger partial charge < -0.3 is 24.8 Å². The lowest BCUT2D eigenvalue weighted by Crippen LogP contribution is -2.54. The van der Waals surface area contributed by atoms with Gasteiger partial charge in [0.2, 0.25) is 0 Å². The molecule has 1 unspecified atom stereocenters. The standard InChI is InChI=1S/C11H20N2O5/c1-11(2)7-13(4-5-18-11)10(16)12-6-8(17-3)9(14)15/h8H,4-7H2,1-3H3,(H,12,16)(H,14,15). The molecule has 1 saturated heterocycles. The van der Waals surface area contributed by atoms with Gasteiger partial charge in [-0.3, -0.25) is 0 Å². The molecule has 0 spiro atoms. The van der Waals surface area contributed by atoms with Crippen molar-refractivity contribution in [1.82, 2.24) is 10.2 Å². The molecule has 1 aliphatic heterocycles. The summed E-state index contributed by atoms with van der Waals surface area (Å²) in [7, 11) is 1.29. The predicted molar refractivity (Wildman–Crippen MR) is 63.4 cm³/mol. The monoisotopic (exact) mass is 260 g/mol. The van der Waals surface area contributed by atoms with Crippen LogP contribution >= 0.6 is 0 Å². The summed E-state index contributed by atoms with van der Waals surface area (Å²) in [5, 5.41) is 11.3. The summed E-state index contributed by atoms with van der Waals surface area (Å²) < 4.78 is 10.2. The van der Waals surface area contributed by atoms with E-state index in [0.29, 0.717) is 19.7 Å². The summed E-state index contributed by atoms with van der Waals surface area (Å²) >= 11 is 0. The maximum absolute atomic E-state index is 11.8. The number of hydrogen-bond donors (Lipinski definition) is 2. The van der Waals surface area contributed by atoms with E-state index in [9.17, 15) is 9.59 Å². The van der Waals surface area contributed by atoms with Crippen LogP contribution < -0.4 is 5.32 Å². The normalized spacial score (nSPS) is 20.3. The van der Waals surface area contributed by atoms with Gasteiger partial charge in [0.25, 0.3) is 0 Å². The number of nitrogens with one attached hydrogen (secondary N) is 1. The van der Waals surface area contributed by atoms with Crippen LogP contribution in [0.5, 0.6) is 0 Å². The van der Waals surface area contributed by atoms with Crippen LogP contribution in [0.3, 0.4) is 0 Å². The molecule has 0 aromatic carbocycles. The Balaban J connectivity index is 2.43. The molecule has 0 aromatic rings. The summed E-state index contributed by atoms with van der Waals surface area (Å²) in [5.41, 5.74) is -0.372. The minimum absolute atomic E-state index is 0.0531. The molecule has 7 nitrogen and oxygen atoms in total. The number of carbonyl (C=O) groups is 2. The van der Waals surface area contributed by atoms with Crippen molar-refractivity contribution in [2.75, 3.05) is 33.4 Å². The van der Waals surface area contributed by atoms with Gasteiger partial charge in [-0.05, 0) is 13.8 Å². The van der Waals surface area contributed by atoms with Crippen LogP contribution in [0.1, 0.15) is 13.8 Å². The smallest absolute Gasteiger partial charge is 0.334 e. The number of carboxylic acids is 1. The van der Waals surface area contributed by atoms with Gasteiger partial charge in [-0.2, -0.15) is 0 Å². The number of rotatable bonds is 4. The van der Waals surface area contributed by atoms with E-state index in [0.717, 1.165) is 0 Å². The summed E-state index contributed by atoms with van der Waals surface area (Å²) in [4.78, 5) is 24.2. The molecule has 104 valence electrons. The fourth-order valence-electron chi connectivity index (χ4n) is 1.75. The molecule has 2 amide bonds. The Hall–Kier alpha value is -1.34. The van der Waals surface area contributed by atoms with Gasteiger partial charge in [0.1, 0.15) is 0 Å². The van der Waals surface area contributed by atoms with E-state index in [1.807, 2.05) is 13.8 Å². The Morgan fingerprint density at radius 3 is 2.72 bits per heavy atom. The highest BCUT2D eigenvalue weighted by atomic mass is 16.5. The van der Waals surface area contributed by atoms with E-state index in [2.05, 4.69) is 5.32 Å². The second-order valence-corrected chi connectivity index (χ2v) is 4.78. The van der Waals surface area contributed by atoms with Crippen LogP contribution in [-0.4, -0.2) is 67.1 Å². The van der Waals surface area contributed by atoms with Crippen molar-refractivity contribution in [1.29, 1.82) is 0 Å². The van der Waals surface area contributed by atoms with Crippen LogP contribution in [-0.2, 0) is 14.3 Å². The van der Waals surface area contributed by atoms with Gasteiger partial charge >= 0.3 is 12.0 Å². The Morgan fingerprint density at radius 2 is 2.22 bits per heavy atom. The molecule has 7 heteroatoms. The van der Waals surface area contributed by atoms with Crippen LogP contribution in [0.25, 0.3) is 0 Å². The SMILES string of the molecule is COC(CNC(=O)N1CCOC(C)(C)C1)C(=O)O. The Kier molecular flexibility index (Phi) is 4.92. The minimum Gasteiger partial charge on any atom is -0.479 e. The van der Waals surface area contributed by atoms with Crippen LogP contribution in [0.15, 0.2) is 0 Å². The van der Waals surface area contributed by atoms with Gasteiger partial charge in [0, 0.05) is 13.7 Å². The van der Waals surface area contributed by atoms with E-state index in [4.69, 9.17) is 14.6 Å². The first kappa shape index (κ1) is 14.7. The molecule has 0 saturated carbocycles. The second kappa shape index (κ2) is 6.01.